The van der Waals surface area contributed by atoms with Crippen molar-refractivity contribution in [3.63, 3.8) is 0 Å². The zero-order chi connectivity index (χ0) is 33.6. The molecule has 1 atom stereocenters. The third-order valence-corrected chi connectivity index (χ3v) is 9.98. The number of benzene rings is 3. The summed E-state index contributed by atoms with van der Waals surface area (Å²) in [7, 11) is -8.63. The van der Waals surface area contributed by atoms with E-state index in [-0.39, 0.29) is 35.5 Å². The van der Waals surface area contributed by atoms with Crippen LogP contribution in [0.5, 0.6) is 0 Å². The molecular formula is C27H24F7N3O6S2. The van der Waals surface area contributed by atoms with Crippen molar-refractivity contribution >= 4 is 31.6 Å². The number of rotatable bonds is 8. The van der Waals surface area contributed by atoms with Crippen molar-refractivity contribution in [3.8, 4) is 0 Å². The lowest BCUT2D eigenvalue weighted by atomic mass is 9.87. The zero-order valence-electron chi connectivity index (χ0n) is 22.7. The van der Waals surface area contributed by atoms with E-state index in [2.05, 4.69) is 5.32 Å². The summed E-state index contributed by atoms with van der Waals surface area (Å²) in [4.78, 5) is 12.3. The number of anilines is 1. The maximum Gasteiger partial charge on any atom is 0.430 e. The number of hydrogen-bond donors (Lipinski definition) is 3. The lowest BCUT2D eigenvalue weighted by Crippen LogP contribution is -2.54. The highest BCUT2D eigenvalue weighted by molar-refractivity contribution is 7.92. The van der Waals surface area contributed by atoms with Crippen molar-refractivity contribution in [2.24, 2.45) is 5.14 Å². The molecule has 3 aromatic carbocycles. The molecule has 4 N–H and O–H groups in total. The third kappa shape index (κ3) is 6.78. The van der Waals surface area contributed by atoms with Crippen LogP contribution in [0.4, 0.5) is 36.4 Å². The second-order valence-corrected chi connectivity index (χ2v) is 13.5. The number of nitrogens with zero attached hydrogens (tertiary/aromatic N) is 1. The second-order valence-electron chi connectivity index (χ2n) is 10.2. The first kappa shape index (κ1) is 34.1. The quantitative estimate of drug-likeness (QED) is 0.306. The molecule has 244 valence electrons. The topological polar surface area (TPSA) is 147 Å². The molecular weight excluding hydrogens is 659 g/mol. The summed E-state index contributed by atoms with van der Waals surface area (Å²) in [6, 6.07) is 8.86. The molecule has 4 rings (SSSR count). The lowest BCUT2D eigenvalue weighted by Gasteiger charge is -2.39. The minimum absolute atomic E-state index is 0.116. The van der Waals surface area contributed by atoms with Crippen molar-refractivity contribution < 1.29 is 57.5 Å². The van der Waals surface area contributed by atoms with Crippen LogP contribution in [0.2, 0.25) is 0 Å². The van der Waals surface area contributed by atoms with Gasteiger partial charge in [0, 0.05) is 18.5 Å². The van der Waals surface area contributed by atoms with Crippen LogP contribution in [0.3, 0.4) is 0 Å². The first-order valence-corrected chi connectivity index (χ1v) is 15.8. The van der Waals surface area contributed by atoms with Gasteiger partial charge in [0.2, 0.25) is 15.9 Å². The van der Waals surface area contributed by atoms with E-state index in [1.807, 2.05) is 0 Å². The number of nitrogens with one attached hydrogen (secondary N) is 1. The summed E-state index contributed by atoms with van der Waals surface area (Å²) in [6.45, 7) is -0.116. The van der Waals surface area contributed by atoms with E-state index >= 15 is 0 Å². The van der Waals surface area contributed by atoms with Crippen molar-refractivity contribution in [1.82, 2.24) is 5.32 Å². The molecule has 1 heterocycles. The van der Waals surface area contributed by atoms with Crippen LogP contribution in [-0.2, 0) is 43.4 Å². The molecule has 18 heteroatoms. The number of primary sulfonamides is 1. The predicted octanol–water partition coefficient (Wildman–Crippen LogP) is 4.00. The van der Waals surface area contributed by atoms with E-state index in [1.54, 1.807) is 0 Å². The Hall–Kier alpha value is -3.74. The molecule has 0 bridgehead atoms. The van der Waals surface area contributed by atoms with Crippen LogP contribution in [0.25, 0.3) is 0 Å². The molecule has 0 aliphatic carbocycles. The molecule has 0 aromatic heterocycles. The first-order chi connectivity index (χ1) is 20.7. The van der Waals surface area contributed by atoms with E-state index in [1.165, 1.54) is 24.3 Å². The van der Waals surface area contributed by atoms with Gasteiger partial charge >= 0.3 is 12.4 Å². The van der Waals surface area contributed by atoms with Gasteiger partial charge in [-0.2, -0.15) is 26.3 Å². The summed E-state index contributed by atoms with van der Waals surface area (Å²) in [6.07, 6.45) is -13.4. The standard InChI is InChI=1S/C27H24F7N3O6S2/c28-19-5-10-22(11-6-19)45(42,43)37-20(14-24(38)36-15-16-1-8-21(9-2-16)44(35,40)41)7-3-17-13-18(4-12-23(17)37)25(39,26(29,30)31)27(32,33)34/h1-2,4-6,8-13,20,39H,3,7,14-15H2,(H,36,38)(H2,35,40,41). The number of carbonyl (C=O) groups excluding carboxylic acids is 1. The maximum absolute atomic E-state index is 13.7. The fraction of sp³-hybridized carbons (Fsp3) is 0.296. The Labute approximate surface area is 252 Å². The average Bonchev–Trinajstić information content (AvgIpc) is 2.94. The fourth-order valence-corrected chi connectivity index (χ4v) is 7.10. The Morgan fingerprint density at radius 3 is 1.98 bits per heavy atom. The zero-order valence-corrected chi connectivity index (χ0v) is 24.4. The number of aliphatic hydroxyl groups is 1. The molecule has 3 aromatic rings. The summed E-state index contributed by atoms with van der Waals surface area (Å²) in [5.41, 5.74) is -6.99. The smallest absolute Gasteiger partial charge is 0.369 e. The molecule has 1 amide bonds. The van der Waals surface area contributed by atoms with E-state index in [9.17, 15) is 57.5 Å². The van der Waals surface area contributed by atoms with E-state index in [0.29, 0.717) is 28.1 Å². The van der Waals surface area contributed by atoms with Gasteiger partial charge in [0.25, 0.3) is 15.6 Å². The van der Waals surface area contributed by atoms with Gasteiger partial charge in [-0.3, -0.25) is 9.10 Å². The highest BCUT2D eigenvalue weighted by atomic mass is 32.2. The summed E-state index contributed by atoms with van der Waals surface area (Å²) < 4.78 is 146. The van der Waals surface area contributed by atoms with Crippen molar-refractivity contribution in [1.29, 1.82) is 0 Å². The van der Waals surface area contributed by atoms with Gasteiger partial charge in [-0.25, -0.2) is 26.4 Å². The molecule has 0 spiro atoms. The molecule has 0 saturated carbocycles. The minimum atomic E-state index is -6.17. The Morgan fingerprint density at radius 2 is 1.44 bits per heavy atom. The predicted molar refractivity (Wildman–Crippen MR) is 145 cm³/mol. The first-order valence-electron chi connectivity index (χ1n) is 12.8. The Balaban J connectivity index is 1.69. The average molecular weight is 684 g/mol. The van der Waals surface area contributed by atoms with Crippen LogP contribution in [-0.4, -0.2) is 46.2 Å². The molecule has 0 fully saturated rings. The van der Waals surface area contributed by atoms with Crippen molar-refractivity contribution in [2.75, 3.05) is 4.31 Å². The van der Waals surface area contributed by atoms with Gasteiger partial charge in [0.05, 0.1) is 21.5 Å². The number of hydrogen-bond acceptors (Lipinski definition) is 6. The van der Waals surface area contributed by atoms with Crippen LogP contribution in [0.15, 0.2) is 76.5 Å². The number of amides is 1. The van der Waals surface area contributed by atoms with Gasteiger partial charge in [0.15, 0.2) is 0 Å². The molecule has 0 saturated heterocycles. The number of aryl methyl sites for hydroxylation is 1. The summed E-state index contributed by atoms with van der Waals surface area (Å²) in [5.74, 6) is -1.48. The van der Waals surface area contributed by atoms with Crippen LogP contribution in [0.1, 0.15) is 29.5 Å². The minimum Gasteiger partial charge on any atom is -0.369 e. The normalized spacial score (nSPS) is 16.3. The van der Waals surface area contributed by atoms with Crippen LogP contribution in [0, 0.1) is 5.82 Å². The van der Waals surface area contributed by atoms with E-state index in [0.717, 1.165) is 24.3 Å². The molecule has 0 radical (unpaired) electrons. The fourth-order valence-electron chi connectivity index (χ4n) is 4.86. The molecule has 9 nitrogen and oxygen atoms in total. The Morgan fingerprint density at radius 1 is 0.889 bits per heavy atom. The number of fused-ring (bicyclic) bond motifs is 1. The van der Waals surface area contributed by atoms with Crippen molar-refractivity contribution in [3.05, 3.63) is 89.2 Å². The number of sulfonamides is 2. The number of nitrogens with two attached hydrogens (primary N) is 1. The van der Waals surface area contributed by atoms with Gasteiger partial charge in [-0.15, -0.1) is 0 Å². The Kier molecular flexibility index (Phi) is 9.02. The monoisotopic (exact) mass is 683 g/mol. The summed E-state index contributed by atoms with van der Waals surface area (Å²) >= 11 is 0. The summed E-state index contributed by atoms with van der Waals surface area (Å²) in [5, 5.41) is 17.4. The van der Waals surface area contributed by atoms with Gasteiger partial charge in [0.1, 0.15) is 5.82 Å². The number of alkyl halides is 6. The largest absolute Gasteiger partial charge is 0.430 e. The van der Waals surface area contributed by atoms with E-state index in [4.69, 9.17) is 5.14 Å². The highest BCUT2D eigenvalue weighted by Crippen LogP contribution is 2.51. The number of carbonyl (C=O) groups is 1. The molecule has 1 unspecified atom stereocenters. The third-order valence-electron chi connectivity index (χ3n) is 7.17. The molecule has 1 aliphatic rings. The molecule has 1 aliphatic heterocycles. The number of halogens is 7. The Bertz CT molecular complexity index is 1780. The van der Waals surface area contributed by atoms with Gasteiger partial charge in [-0.05, 0) is 66.4 Å². The van der Waals surface area contributed by atoms with Gasteiger partial charge < -0.3 is 10.4 Å². The SMILES string of the molecule is NS(=O)(=O)c1ccc(CNC(=O)CC2CCc3cc(C(O)(C(F)(F)F)C(F)(F)F)ccc3N2S(=O)(=O)c2ccc(F)cc2)cc1. The molecule has 45 heavy (non-hydrogen) atoms. The lowest BCUT2D eigenvalue weighted by molar-refractivity contribution is -0.376. The highest BCUT2D eigenvalue weighted by Gasteiger charge is 2.71. The van der Waals surface area contributed by atoms with Crippen LogP contribution < -0.4 is 14.8 Å². The van der Waals surface area contributed by atoms with Crippen LogP contribution >= 0.6 is 0 Å². The maximum atomic E-state index is 13.7. The second kappa shape index (κ2) is 11.9. The van der Waals surface area contributed by atoms with Crippen molar-refractivity contribution in [2.45, 2.75) is 59.6 Å². The van der Waals surface area contributed by atoms with E-state index < -0.39 is 72.6 Å². The van der Waals surface area contributed by atoms with Gasteiger partial charge in [-0.1, -0.05) is 24.3 Å².